The molecule has 0 aromatic carbocycles. The number of carbonyl (C=O) groups is 1. The molecule has 74 valence electrons. The van der Waals surface area contributed by atoms with Crippen molar-refractivity contribution < 1.29 is 4.79 Å². The van der Waals surface area contributed by atoms with E-state index < -0.39 is 0 Å². The monoisotopic (exact) mass is 180 g/mol. The van der Waals surface area contributed by atoms with E-state index in [9.17, 15) is 4.79 Å². The van der Waals surface area contributed by atoms with Gasteiger partial charge in [0.05, 0.1) is 0 Å². The Hall–Kier alpha value is -0.590. The van der Waals surface area contributed by atoms with E-state index in [4.69, 9.17) is 0 Å². The molecule has 0 saturated heterocycles. The summed E-state index contributed by atoms with van der Waals surface area (Å²) in [4.78, 5) is 10.7. The number of carbonyl (C=O) groups excluding carboxylic acids is 1. The number of unbranched alkanes of at least 4 members (excludes halogenated alkanes) is 3. The van der Waals surface area contributed by atoms with E-state index in [0.717, 1.165) is 25.5 Å². The molecule has 0 radical (unpaired) electrons. The lowest BCUT2D eigenvalue weighted by Gasteiger charge is -2.07. The zero-order valence-corrected chi connectivity index (χ0v) is 8.59. The topological polar surface area (TPSA) is 17.1 Å². The van der Waals surface area contributed by atoms with Crippen LogP contribution in [-0.4, -0.2) is 6.29 Å². The molecule has 1 nitrogen and oxygen atoms in total. The molecule has 0 heterocycles. The molecule has 1 atom stereocenters. The van der Waals surface area contributed by atoms with Crippen LogP contribution in [0.25, 0.3) is 0 Å². The van der Waals surface area contributed by atoms with Crippen LogP contribution in [0.5, 0.6) is 0 Å². The summed E-state index contributed by atoms with van der Waals surface area (Å²) in [5, 5.41) is 0. The van der Waals surface area contributed by atoms with Crippen LogP contribution in [0.2, 0.25) is 0 Å². The van der Waals surface area contributed by atoms with Gasteiger partial charge in [-0.15, -0.1) is 0 Å². The average molecular weight is 180 g/mol. The first kappa shape index (κ1) is 10.5. The quantitative estimate of drug-likeness (QED) is 0.347. The highest BCUT2D eigenvalue weighted by atomic mass is 16.1. The molecule has 0 fully saturated rings. The van der Waals surface area contributed by atoms with Crippen LogP contribution in [0, 0.1) is 5.92 Å². The standard InChI is InChI=1S/C12H20O/c1-2-3-4-5-7-11-8-6-9-12(11)10-13/h8,10,12H,2-7,9H2,1H3. The van der Waals surface area contributed by atoms with Crippen LogP contribution in [-0.2, 0) is 4.79 Å². The van der Waals surface area contributed by atoms with Crippen LogP contribution >= 0.6 is 0 Å². The molecule has 0 spiro atoms. The van der Waals surface area contributed by atoms with Gasteiger partial charge in [0, 0.05) is 5.92 Å². The van der Waals surface area contributed by atoms with Crippen molar-refractivity contribution in [3.8, 4) is 0 Å². The second-order valence-corrected chi connectivity index (χ2v) is 3.91. The summed E-state index contributed by atoms with van der Waals surface area (Å²) in [6, 6.07) is 0. The molecule has 1 aliphatic rings. The van der Waals surface area contributed by atoms with Crippen molar-refractivity contribution in [1.82, 2.24) is 0 Å². The van der Waals surface area contributed by atoms with E-state index in [-0.39, 0.29) is 5.92 Å². The molecule has 13 heavy (non-hydrogen) atoms. The predicted octanol–water partition coefficient (Wildman–Crippen LogP) is 3.49. The Balaban J connectivity index is 2.16. The molecule has 0 aliphatic heterocycles. The lowest BCUT2D eigenvalue weighted by atomic mass is 9.98. The Kier molecular flexibility index (Phi) is 4.81. The van der Waals surface area contributed by atoms with Gasteiger partial charge in [0.25, 0.3) is 0 Å². The molecular formula is C12H20O. The van der Waals surface area contributed by atoms with Gasteiger partial charge in [-0.2, -0.15) is 0 Å². The Labute approximate surface area is 81.2 Å². The summed E-state index contributed by atoms with van der Waals surface area (Å²) in [5.74, 6) is 0.265. The van der Waals surface area contributed by atoms with Gasteiger partial charge in [0.15, 0.2) is 0 Å². The highest BCUT2D eigenvalue weighted by Crippen LogP contribution is 2.28. The minimum Gasteiger partial charge on any atom is -0.303 e. The Morgan fingerprint density at radius 3 is 3.00 bits per heavy atom. The third-order valence-electron chi connectivity index (χ3n) is 2.84. The molecular weight excluding hydrogens is 160 g/mol. The molecule has 0 aromatic heterocycles. The summed E-state index contributed by atoms with van der Waals surface area (Å²) < 4.78 is 0. The fourth-order valence-electron chi connectivity index (χ4n) is 1.98. The highest BCUT2D eigenvalue weighted by molar-refractivity contribution is 5.59. The maximum Gasteiger partial charge on any atom is 0.127 e. The molecule has 0 bridgehead atoms. The van der Waals surface area contributed by atoms with Crippen LogP contribution in [0.1, 0.15) is 51.9 Å². The molecule has 0 amide bonds. The molecule has 0 saturated carbocycles. The largest absolute Gasteiger partial charge is 0.303 e. The number of aldehydes is 1. The van der Waals surface area contributed by atoms with Crippen molar-refractivity contribution in [2.45, 2.75) is 51.9 Å². The number of rotatable bonds is 6. The SMILES string of the molecule is CCCCCCC1=CCCC1C=O. The third-order valence-corrected chi connectivity index (χ3v) is 2.84. The summed E-state index contributed by atoms with van der Waals surface area (Å²) in [6.45, 7) is 2.23. The fourth-order valence-corrected chi connectivity index (χ4v) is 1.98. The molecule has 1 heteroatoms. The van der Waals surface area contributed by atoms with E-state index in [0.29, 0.717) is 0 Å². The van der Waals surface area contributed by atoms with Crippen molar-refractivity contribution >= 4 is 6.29 Å². The van der Waals surface area contributed by atoms with E-state index in [1.54, 1.807) is 0 Å². The lowest BCUT2D eigenvalue weighted by Crippen LogP contribution is -2.00. The predicted molar refractivity (Wildman–Crippen MR) is 55.6 cm³/mol. The first-order valence-electron chi connectivity index (χ1n) is 5.52. The van der Waals surface area contributed by atoms with Crippen molar-refractivity contribution in [2.24, 2.45) is 5.92 Å². The Morgan fingerprint density at radius 2 is 2.31 bits per heavy atom. The smallest absolute Gasteiger partial charge is 0.127 e. The number of hydrogen-bond donors (Lipinski definition) is 0. The van der Waals surface area contributed by atoms with Crippen LogP contribution in [0.4, 0.5) is 0 Å². The Bertz CT molecular complexity index is 182. The summed E-state index contributed by atoms with van der Waals surface area (Å²) in [5.41, 5.74) is 1.41. The van der Waals surface area contributed by atoms with Crippen molar-refractivity contribution in [3.05, 3.63) is 11.6 Å². The summed E-state index contributed by atoms with van der Waals surface area (Å²) >= 11 is 0. The van der Waals surface area contributed by atoms with Crippen molar-refractivity contribution in [2.75, 3.05) is 0 Å². The highest BCUT2D eigenvalue weighted by Gasteiger charge is 2.17. The summed E-state index contributed by atoms with van der Waals surface area (Å²) in [6.07, 6.45) is 11.9. The second-order valence-electron chi connectivity index (χ2n) is 3.91. The van der Waals surface area contributed by atoms with Gasteiger partial charge in [-0.25, -0.2) is 0 Å². The molecule has 1 aliphatic carbocycles. The van der Waals surface area contributed by atoms with Gasteiger partial charge >= 0.3 is 0 Å². The fraction of sp³-hybridized carbons (Fsp3) is 0.750. The molecule has 0 N–H and O–H groups in total. The van der Waals surface area contributed by atoms with Crippen LogP contribution < -0.4 is 0 Å². The lowest BCUT2D eigenvalue weighted by molar-refractivity contribution is -0.110. The van der Waals surface area contributed by atoms with Gasteiger partial charge in [0.2, 0.25) is 0 Å². The maximum atomic E-state index is 10.7. The van der Waals surface area contributed by atoms with Crippen LogP contribution in [0.15, 0.2) is 11.6 Å². The average Bonchev–Trinajstić information content (AvgIpc) is 2.60. The second kappa shape index (κ2) is 5.95. The summed E-state index contributed by atoms with van der Waals surface area (Å²) in [7, 11) is 0. The van der Waals surface area contributed by atoms with E-state index in [1.165, 1.54) is 31.3 Å². The molecule has 0 aromatic rings. The van der Waals surface area contributed by atoms with E-state index >= 15 is 0 Å². The molecule has 1 unspecified atom stereocenters. The number of allylic oxidation sites excluding steroid dienone is 2. The normalized spacial score (nSPS) is 21.6. The van der Waals surface area contributed by atoms with Crippen LogP contribution in [0.3, 0.4) is 0 Å². The minimum atomic E-state index is 0.265. The van der Waals surface area contributed by atoms with E-state index in [2.05, 4.69) is 13.0 Å². The van der Waals surface area contributed by atoms with E-state index in [1.807, 2.05) is 0 Å². The molecule has 1 rings (SSSR count). The number of hydrogen-bond acceptors (Lipinski definition) is 1. The minimum absolute atomic E-state index is 0.265. The Morgan fingerprint density at radius 1 is 1.46 bits per heavy atom. The first-order valence-corrected chi connectivity index (χ1v) is 5.52. The first-order chi connectivity index (χ1) is 6.38. The van der Waals surface area contributed by atoms with Crippen molar-refractivity contribution in [1.29, 1.82) is 0 Å². The van der Waals surface area contributed by atoms with Gasteiger partial charge in [-0.3, -0.25) is 0 Å². The van der Waals surface area contributed by atoms with Gasteiger partial charge in [-0.05, 0) is 25.7 Å². The van der Waals surface area contributed by atoms with Gasteiger partial charge in [0.1, 0.15) is 6.29 Å². The van der Waals surface area contributed by atoms with Gasteiger partial charge < -0.3 is 4.79 Å². The zero-order chi connectivity index (χ0) is 9.52. The zero-order valence-electron chi connectivity index (χ0n) is 8.59. The third kappa shape index (κ3) is 3.33. The van der Waals surface area contributed by atoms with Crippen molar-refractivity contribution in [3.63, 3.8) is 0 Å². The maximum absolute atomic E-state index is 10.7. The van der Waals surface area contributed by atoms with Gasteiger partial charge in [-0.1, -0.05) is 37.8 Å².